The van der Waals surface area contributed by atoms with E-state index in [1.807, 2.05) is 0 Å². The van der Waals surface area contributed by atoms with Crippen LogP contribution in [0.25, 0.3) is 0 Å². The predicted octanol–water partition coefficient (Wildman–Crippen LogP) is 4.50. The summed E-state index contributed by atoms with van der Waals surface area (Å²) in [6.07, 6.45) is -0.974. The van der Waals surface area contributed by atoms with E-state index in [4.69, 9.17) is 44.3 Å². The third-order valence-electron chi connectivity index (χ3n) is 3.21. The maximum atomic E-state index is 10.5. The van der Waals surface area contributed by atoms with Crippen LogP contribution < -0.4 is 9.47 Å². The molecule has 1 unspecified atom stereocenters. The van der Waals surface area contributed by atoms with E-state index in [9.17, 15) is 5.11 Å². The van der Waals surface area contributed by atoms with E-state index in [1.165, 1.54) is 0 Å². The summed E-state index contributed by atoms with van der Waals surface area (Å²) in [7, 11) is 0. The third kappa shape index (κ3) is 2.92. The Morgan fingerprint density at radius 2 is 1.48 bits per heavy atom. The molecule has 0 aliphatic carbocycles. The minimum absolute atomic E-state index is 0.376. The first kappa shape index (κ1) is 14.8. The summed E-state index contributed by atoms with van der Waals surface area (Å²) < 4.78 is 11.0. The number of fused-ring (bicyclic) bond motifs is 1. The molecule has 3 nitrogen and oxygen atoms in total. The monoisotopic (exact) mass is 344 g/mol. The Kier molecular flexibility index (Phi) is 4.18. The second-order valence-electron chi connectivity index (χ2n) is 4.59. The van der Waals surface area contributed by atoms with Crippen LogP contribution in [0.1, 0.15) is 17.2 Å². The fraction of sp³-hybridized carbons (Fsp3) is 0.200. The lowest BCUT2D eigenvalue weighted by molar-refractivity contribution is 0.169. The van der Waals surface area contributed by atoms with Gasteiger partial charge in [-0.05, 0) is 18.2 Å². The summed E-state index contributed by atoms with van der Waals surface area (Å²) in [5, 5.41) is 11.8. The number of ether oxygens (including phenoxy) is 2. The Labute approximate surface area is 137 Å². The van der Waals surface area contributed by atoms with Gasteiger partial charge in [0.25, 0.3) is 0 Å². The van der Waals surface area contributed by atoms with Crippen molar-refractivity contribution in [2.45, 2.75) is 6.10 Å². The average Bonchev–Trinajstić information content (AvgIpc) is 2.46. The van der Waals surface area contributed by atoms with E-state index in [1.54, 1.807) is 30.3 Å². The number of aliphatic hydroxyl groups is 1. The molecule has 0 radical (unpaired) electrons. The molecular weight excluding hydrogens is 335 g/mol. The Hall–Kier alpha value is -1.13. The molecule has 0 spiro atoms. The van der Waals surface area contributed by atoms with Crippen LogP contribution in [0.4, 0.5) is 0 Å². The molecule has 0 saturated carbocycles. The average molecular weight is 346 g/mol. The van der Waals surface area contributed by atoms with E-state index < -0.39 is 6.10 Å². The van der Waals surface area contributed by atoms with E-state index in [-0.39, 0.29) is 0 Å². The molecule has 0 aromatic heterocycles. The van der Waals surface area contributed by atoms with Crippen molar-refractivity contribution in [3.63, 3.8) is 0 Å². The largest absolute Gasteiger partial charge is 0.486 e. The molecule has 1 aliphatic heterocycles. The topological polar surface area (TPSA) is 38.7 Å². The maximum absolute atomic E-state index is 10.5. The standard InChI is InChI=1S/C15H11Cl3O3/c16-8-1-2-9(11(17)5-8)15(19)10-6-13-14(7-12(10)18)21-4-3-20-13/h1-2,5-7,15,19H,3-4H2. The van der Waals surface area contributed by atoms with Gasteiger partial charge in [-0.3, -0.25) is 0 Å². The van der Waals surface area contributed by atoms with Gasteiger partial charge in [-0.15, -0.1) is 0 Å². The van der Waals surface area contributed by atoms with Gasteiger partial charge >= 0.3 is 0 Å². The molecule has 1 heterocycles. The van der Waals surface area contributed by atoms with Crippen LogP contribution in [-0.4, -0.2) is 18.3 Å². The fourth-order valence-corrected chi connectivity index (χ4v) is 2.95. The van der Waals surface area contributed by atoms with Crippen molar-refractivity contribution in [3.05, 3.63) is 56.5 Å². The molecule has 21 heavy (non-hydrogen) atoms. The van der Waals surface area contributed by atoms with Crippen molar-refractivity contribution in [1.29, 1.82) is 0 Å². The van der Waals surface area contributed by atoms with Crippen molar-refractivity contribution >= 4 is 34.8 Å². The van der Waals surface area contributed by atoms with Gasteiger partial charge in [0.05, 0.1) is 5.02 Å². The highest BCUT2D eigenvalue weighted by Crippen LogP contribution is 2.40. The quantitative estimate of drug-likeness (QED) is 0.871. The number of hydrogen-bond donors (Lipinski definition) is 1. The minimum Gasteiger partial charge on any atom is -0.486 e. The molecule has 0 amide bonds. The van der Waals surface area contributed by atoms with Gasteiger partial charge in [-0.25, -0.2) is 0 Å². The number of hydrogen-bond acceptors (Lipinski definition) is 3. The van der Waals surface area contributed by atoms with Crippen molar-refractivity contribution in [2.24, 2.45) is 0 Å². The van der Waals surface area contributed by atoms with Crippen molar-refractivity contribution < 1.29 is 14.6 Å². The summed E-state index contributed by atoms with van der Waals surface area (Å²) in [5.41, 5.74) is 1.03. The Balaban J connectivity index is 2.03. The third-order valence-corrected chi connectivity index (χ3v) is 4.10. The lowest BCUT2D eigenvalue weighted by atomic mass is 10.0. The summed E-state index contributed by atoms with van der Waals surface area (Å²) in [4.78, 5) is 0. The number of aliphatic hydroxyl groups excluding tert-OH is 1. The zero-order valence-electron chi connectivity index (χ0n) is 10.8. The minimum atomic E-state index is -0.974. The molecule has 0 bridgehead atoms. The Bertz CT molecular complexity index is 688. The maximum Gasteiger partial charge on any atom is 0.162 e. The van der Waals surface area contributed by atoms with Crippen LogP contribution in [-0.2, 0) is 0 Å². The number of rotatable bonds is 2. The molecule has 2 aromatic carbocycles. The van der Waals surface area contributed by atoms with Gasteiger partial charge in [-0.1, -0.05) is 40.9 Å². The summed E-state index contributed by atoms with van der Waals surface area (Å²) in [6, 6.07) is 8.22. The Morgan fingerprint density at radius 1 is 0.857 bits per heavy atom. The summed E-state index contributed by atoms with van der Waals surface area (Å²) >= 11 is 18.2. The predicted molar refractivity (Wildman–Crippen MR) is 83.0 cm³/mol. The highest BCUT2D eigenvalue weighted by molar-refractivity contribution is 6.35. The first-order valence-electron chi connectivity index (χ1n) is 6.28. The van der Waals surface area contributed by atoms with E-state index in [0.29, 0.717) is 50.9 Å². The Morgan fingerprint density at radius 3 is 2.14 bits per heavy atom. The highest BCUT2D eigenvalue weighted by Gasteiger charge is 2.22. The van der Waals surface area contributed by atoms with Gasteiger partial charge in [0.1, 0.15) is 19.3 Å². The normalized spacial score (nSPS) is 14.9. The van der Waals surface area contributed by atoms with Gasteiger partial charge in [-0.2, -0.15) is 0 Å². The zero-order chi connectivity index (χ0) is 15.0. The first-order valence-corrected chi connectivity index (χ1v) is 7.41. The lowest BCUT2D eigenvalue weighted by Crippen LogP contribution is -2.16. The second-order valence-corrected chi connectivity index (χ2v) is 5.84. The van der Waals surface area contributed by atoms with Crippen LogP contribution in [0.2, 0.25) is 15.1 Å². The second kappa shape index (κ2) is 5.93. The van der Waals surface area contributed by atoms with Crippen LogP contribution >= 0.6 is 34.8 Å². The molecule has 110 valence electrons. The van der Waals surface area contributed by atoms with E-state index in [2.05, 4.69) is 0 Å². The van der Waals surface area contributed by atoms with Crippen molar-refractivity contribution in [2.75, 3.05) is 13.2 Å². The summed E-state index contributed by atoms with van der Waals surface area (Å²) in [5.74, 6) is 1.13. The lowest BCUT2D eigenvalue weighted by Gasteiger charge is -2.22. The molecule has 6 heteroatoms. The molecule has 1 N–H and O–H groups in total. The molecule has 0 saturated heterocycles. The molecule has 1 aliphatic rings. The smallest absolute Gasteiger partial charge is 0.162 e. The van der Waals surface area contributed by atoms with Gasteiger partial charge < -0.3 is 14.6 Å². The van der Waals surface area contributed by atoms with E-state index >= 15 is 0 Å². The van der Waals surface area contributed by atoms with E-state index in [0.717, 1.165) is 0 Å². The van der Waals surface area contributed by atoms with Crippen molar-refractivity contribution in [1.82, 2.24) is 0 Å². The molecule has 2 aromatic rings. The van der Waals surface area contributed by atoms with Gasteiger partial charge in [0.15, 0.2) is 11.5 Å². The summed E-state index contributed by atoms with van der Waals surface area (Å²) in [6.45, 7) is 0.945. The van der Waals surface area contributed by atoms with Crippen LogP contribution in [0, 0.1) is 0 Å². The van der Waals surface area contributed by atoms with Crippen molar-refractivity contribution in [3.8, 4) is 11.5 Å². The zero-order valence-corrected chi connectivity index (χ0v) is 13.0. The van der Waals surface area contributed by atoms with Crippen LogP contribution in [0.15, 0.2) is 30.3 Å². The SMILES string of the molecule is OC(c1ccc(Cl)cc1Cl)c1cc2c(cc1Cl)OCCO2. The number of benzene rings is 2. The molecule has 1 atom stereocenters. The molecular formula is C15H11Cl3O3. The first-order chi connectivity index (χ1) is 10.1. The highest BCUT2D eigenvalue weighted by atomic mass is 35.5. The molecule has 0 fully saturated rings. The van der Waals surface area contributed by atoms with Gasteiger partial charge in [0, 0.05) is 27.2 Å². The number of halogens is 3. The van der Waals surface area contributed by atoms with Gasteiger partial charge in [0.2, 0.25) is 0 Å². The fourth-order valence-electron chi connectivity index (χ4n) is 2.18. The van der Waals surface area contributed by atoms with Crippen LogP contribution in [0.3, 0.4) is 0 Å². The van der Waals surface area contributed by atoms with Crippen LogP contribution in [0.5, 0.6) is 11.5 Å². The molecule has 3 rings (SSSR count).